The summed E-state index contributed by atoms with van der Waals surface area (Å²) in [4.78, 5) is 39.7. The van der Waals surface area contributed by atoms with Gasteiger partial charge in [0.15, 0.2) is 0 Å². The summed E-state index contributed by atoms with van der Waals surface area (Å²) in [6.07, 6.45) is 1.55. The van der Waals surface area contributed by atoms with Crippen LogP contribution in [0.4, 0.5) is 0 Å². The summed E-state index contributed by atoms with van der Waals surface area (Å²) >= 11 is 0. The van der Waals surface area contributed by atoms with Crippen molar-refractivity contribution in [3.63, 3.8) is 0 Å². The summed E-state index contributed by atoms with van der Waals surface area (Å²) in [6, 6.07) is 0. The number of hydrogen-bond acceptors (Lipinski definition) is 10. The smallest absolute Gasteiger partial charge is 0.220 e. The molecule has 0 unspecified atom stereocenters. The van der Waals surface area contributed by atoms with E-state index in [1.165, 1.54) is 0 Å². The van der Waals surface area contributed by atoms with Crippen LogP contribution in [0.15, 0.2) is 5.11 Å². The predicted octanol–water partition coefficient (Wildman–Crippen LogP) is -2.73. The molecule has 3 aliphatic heterocycles. The van der Waals surface area contributed by atoms with Crippen LogP contribution in [0.5, 0.6) is 0 Å². The number of carbonyl (C=O) groups is 3. The maximum atomic E-state index is 13.0. The molecule has 3 aliphatic rings. The van der Waals surface area contributed by atoms with Crippen LogP contribution in [-0.4, -0.2) is 120 Å². The predicted molar refractivity (Wildman–Crippen MR) is 150 cm³/mol. The molecule has 0 aromatic heterocycles. The average molecular weight is 553 g/mol. The summed E-state index contributed by atoms with van der Waals surface area (Å²) in [5.74, 6) is -0.258. The highest BCUT2D eigenvalue weighted by molar-refractivity contribution is 5.79. The minimum Gasteiger partial charge on any atom is -0.356 e. The Labute approximate surface area is 231 Å². The van der Waals surface area contributed by atoms with Gasteiger partial charge in [-0.1, -0.05) is 5.11 Å². The Morgan fingerprint density at radius 2 is 1.15 bits per heavy atom. The zero-order valence-electron chi connectivity index (χ0n) is 23.3. The van der Waals surface area contributed by atoms with Crippen molar-refractivity contribution in [2.24, 2.45) is 5.11 Å². The molecule has 3 amide bonds. The summed E-state index contributed by atoms with van der Waals surface area (Å²) in [6.45, 7) is 10.2. The van der Waals surface area contributed by atoms with Gasteiger partial charge in [0.05, 0.1) is 11.1 Å². The lowest BCUT2D eigenvalue weighted by molar-refractivity contribution is -0.124. The van der Waals surface area contributed by atoms with Crippen molar-refractivity contribution in [1.82, 2.24) is 47.9 Å². The van der Waals surface area contributed by atoms with E-state index in [1.54, 1.807) is 6.92 Å². The Morgan fingerprint density at radius 3 is 1.59 bits per heavy atom. The van der Waals surface area contributed by atoms with E-state index in [2.05, 4.69) is 57.9 Å². The maximum Gasteiger partial charge on any atom is 0.220 e. The van der Waals surface area contributed by atoms with E-state index in [0.29, 0.717) is 104 Å². The monoisotopic (exact) mass is 552 g/mol. The Morgan fingerprint density at radius 1 is 0.718 bits per heavy atom. The quantitative estimate of drug-likeness (QED) is 0.0595. The fraction of sp³-hybridized carbons (Fsp3) is 0.875. The van der Waals surface area contributed by atoms with E-state index in [1.807, 2.05) is 0 Å². The highest BCUT2D eigenvalue weighted by atomic mass is 16.2. The zero-order valence-corrected chi connectivity index (χ0v) is 23.3. The second-order valence-corrected chi connectivity index (χ2v) is 10.4. The largest absolute Gasteiger partial charge is 0.356 e. The SMILES string of the molecule is CC(=O)NC12CNCCNCC(NC(=O)CCCC(=O)NCCCN=[N+]=[N-])(CNCCNC1)CNCCNC2. The molecule has 3 heterocycles. The fourth-order valence-electron chi connectivity index (χ4n) is 4.79. The minimum atomic E-state index is -0.547. The third-order valence-corrected chi connectivity index (χ3v) is 6.69. The van der Waals surface area contributed by atoms with Gasteiger partial charge in [-0.05, 0) is 18.4 Å². The lowest BCUT2D eigenvalue weighted by Gasteiger charge is -2.38. The van der Waals surface area contributed by atoms with Crippen molar-refractivity contribution >= 4 is 17.7 Å². The van der Waals surface area contributed by atoms with Crippen LogP contribution in [0.25, 0.3) is 10.4 Å². The normalized spacial score (nSPS) is 25.4. The average Bonchev–Trinajstić information content (AvgIpc) is 2.89. The van der Waals surface area contributed by atoms with Crippen LogP contribution < -0.4 is 47.9 Å². The summed E-state index contributed by atoms with van der Waals surface area (Å²) in [7, 11) is 0. The summed E-state index contributed by atoms with van der Waals surface area (Å²) in [5.41, 5.74) is 7.30. The Balaban J connectivity index is 1.96. The molecule has 0 radical (unpaired) electrons. The molecular weight excluding hydrogens is 504 g/mol. The Hall–Kier alpha value is -2.52. The summed E-state index contributed by atoms with van der Waals surface area (Å²) in [5, 5.41) is 33.5. The number of rotatable bonds is 10. The molecule has 0 atom stereocenters. The molecule has 0 spiro atoms. The van der Waals surface area contributed by atoms with Gasteiger partial charge >= 0.3 is 0 Å². The molecule has 2 bridgehead atoms. The number of carbonyl (C=O) groups excluding carboxylic acids is 3. The molecular formula is C24H48N12O3. The third kappa shape index (κ3) is 13.9. The van der Waals surface area contributed by atoms with E-state index >= 15 is 0 Å². The second kappa shape index (κ2) is 18.7. The van der Waals surface area contributed by atoms with Crippen LogP contribution in [0.1, 0.15) is 32.6 Å². The number of amides is 3. The van der Waals surface area contributed by atoms with Gasteiger partial charge in [0, 0.05) is 116 Å². The van der Waals surface area contributed by atoms with E-state index < -0.39 is 11.1 Å². The first kappa shape index (κ1) is 32.7. The molecule has 9 N–H and O–H groups in total. The van der Waals surface area contributed by atoms with E-state index in [-0.39, 0.29) is 30.6 Å². The minimum absolute atomic E-state index is 0.0552. The van der Waals surface area contributed by atoms with E-state index in [0.717, 1.165) is 0 Å². The number of nitrogens with one attached hydrogen (secondary N) is 9. The summed E-state index contributed by atoms with van der Waals surface area (Å²) < 4.78 is 0. The van der Waals surface area contributed by atoms with Crippen LogP contribution in [-0.2, 0) is 14.4 Å². The maximum absolute atomic E-state index is 13.0. The van der Waals surface area contributed by atoms with Crippen LogP contribution >= 0.6 is 0 Å². The van der Waals surface area contributed by atoms with E-state index in [9.17, 15) is 14.4 Å². The van der Waals surface area contributed by atoms with Crippen molar-refractivity contribution in [2.75, 3.05) is 91.6 Å². The van der Waals surface area contributed by atoms with Gasteiger partial charge in [0.1, 0.15) is 0 Å². The Bertz CT molecular complexity index is 762. The van der Waals surface area contributed by atoms with Crippen molar-refractivity contribution in [3.8, 4) is 0 Å². The fourth-order valence-corrected chi connectivity index (χ4v) is 4.79. The molecule has 3 rings (SSSR count). The standard InChI is InChI=1S/C24H48N12O3/c1-20(37)34-23-14-26-8-11-29-17-24(18-30-12-9-27-15-23,19-31-13-10-28-16-23)35-22(39)5-2-4-21(38)32-6-3-7-33-36-25/h26-31H,2-19H2,1H3,(H,32,38)(H,34,37)(H,35,39). The molecule has 3 fully saturated rings. The van der Waals surface area contributed by atoms with E-state index in [4.69, 9.17) is 5.53 Å². The van der Waals surface area contributed by atoms with Gasteiger partial charge in [-0.25, -0.2) is 0 Å². The highest BCUT2D eigenvalue weighted by Crippen LogP contribution is 2.07. The number of fused-ring (bicyclic) bond motifs is 15. The van der Waals surface area contributed by atoms with Gasteiger partial charge in [0.2, 0.25) is 17.7 Å². The van der Waals surface area contributed by atoms with Crippen LogP contribution in [0.2, 0.25) is 0 Å². The van der Waals surface area contributed by atoms with Gasteiger partial charge in [-0.3, -0.25) is 14.4 Å². The molecule has 39 heavy (non-hydrogen) atoms. The zero-order chi connectivity index (χ0) is 28.2. The third-order valence-electron chi connectivity index (χ3n) is 6.69. The molecule has 0 aromatic carbocycles. The van der Waals surface area contributed by atoms with Crippen molar-refractivity contribution in [1.29, 1.82) is 0 Å². The van der Waals surface area contributed by atoms with Crippen molar-refractivity contribution in [3.05, 3.63) is 10.4 Å². The number of nitrogens with zero attached hydrogens (tertiary/aromatic N) is 3. The lowest BCUT2D eigenvalue weighted by Crippen LogP contribution is -2.68. The lowest BCUT2D eigenvalue weighted by atomic mass is 9.97. The number of azide groups is 1. The van der Waals surface area contributed by atoms with Crippen LogP contribution in [0, 0.1) is 0 Å². The molecule has 0 saturated carbocycles. The first-order chi connectivity index (χ1) is 18.9. The first-order valence-corrected chi connectivity index (χ1v) is 14.0. The van der Waals surface area contributed by atoms with Gasteiger partial charge in [-0.2, -0.15) is 0 Å². The van der Waals surface area contributed by atoms with Gasteiger partial charge in [-0.15, -0.1) is 0 Å². The Kier molecular flexibility index (Phi) is 15.7. The highest BCUT2D eigenvalue weighted by Gasteiger charge is 2.33. The first-order valence-electron chi connectivity index (χ1n) is 14.0. The molecule has 3 saturated heterocycles. The number of hydrogen-bond donors (Lipinski definition) is 9. The van der Waals surface area contributed by atoms with Crippen molar-refractivity contribution in [2.45, 2.75) is 43.7 Å². The second-order valence-electron chi connectivity index (χ2n) is 10.4. The molecule has 15 nitrogen and oxygen atoms in total. The molecule has 222 valence electrons. The molecule has 0 aliphatic carbocycles. The van der Waals surface area contributed by atoms with Gasteiger partial charge < -0.3 is 47.9 Å². The molecule has 15 heteroatoms. The van der Waals surface area contributed by atoms with Crippen molar-refractivity contribution < 1.29 is 14.4 Å². The van der Waals surface area contributed by atoms with Crippen LogP contribution in [0.3, 0.4) is 0 Å². The topological polar surface area (TPSA) is 208 Å². The molecule has 0 aromatic rings. The van der Waals surface area contributed by atoms with Gasteiger partial charge in [0.25, 0.3) is 0 Å².